The number of rotatable bonds is 11. The molecule has 3 aromatic carbocycles. The summed E-state index contributed by atoms with van der Waals surface area (Å²) in [5.74, 6) is -0.670. The molecule has 10 heteroatoms. The standard InChI is InChI=1S/C31H37Cl2N3O4S/c1-20(2)17-34-31(38)24(6)35(18-25-12-15-27(32)28(33)16-25)30(37)19-36(29-9-7-8-22(4)23(29)5)41(39,40)26-13-10-21(3)11-14-26/h7-16,20,24H,17-19H2,1-6H3,(H,34,38)/t24-/m0/s1. The molecule has 0 unspecified atom stereocenters. The Balaban J connectivity index is 2.07. The molecule has 0 heterocycles. The number of carbonyl (C=O) groups excluding carboxylic acids is 2. The summed E-state index contributed by atoms with van der Waals surface area (Å²) < 4.78 is 29.2. The van der Waals surface area contributed by atoms with Crippen LogP contribution in [0.2, 0.25) is 10.0 Å². The van der Waals surface area contributed by atoms with Gasteiger partial charge in [-0.05, 0) is 80.6 Å². The highest BCUT2D eigenvalue weighted by atomic mass is 35.5. The van der Waals surface area contributed by atoms with Crippen molar-refractivity contribution in [1.82, 2.24) is 10.2 Å². The summed E-state index contributed by atoms with van der Waals surface area (Å²) in [6.07, 6.45) is 0. The summed E-state index contributed by atoms with van der Waals surface area (Å²) in [7, 11) is -4.14. The first-order valence-corrected chi connectivity index (χ1v) is 15.6. The van der Waals surface area contributed by atoms with Crippen molar-refractivity contribution in [3.8, 4) is 0 Å². The SMILES string of the molecule is Cc1ccc(S(=O)(=O)N(CC(=O)N(Cc2ccc(Cl)c(Cl)c2)[C@@H](C)C(=O)NCC(C)C)c2cccc(C)c2C)cc1. The molecule has 220 valence electrons. The molecule has 0 spiro atoms. The normalized spacial score (nSPS) is 12.2. The lowest BCUT2D eigenvalue weighted by atomic mass is 10.1. The van der Waals surface area contributed by atoms with Crippen LogP contribution in [-0.2, 0) is 26.2 Å². The van der Waals surface area contributed by atoms with Crippen LogP contribution in [0.4, 0.5) is 5.69 Å². The molecule has 0 fully saturated rings. The van der Waals surface area contributed by atoms with Crippen molar-refractivity contribution in [2.75, 3.05) is 17.4 Å². The number of nitrogens with zero attached hydrogens (tertiary/aromatic N) is 2. The van der Waals surface area contributed by atoms with Crippen molar-refractivity contribution in [2.24, 2.45) is 5.92 Å². The zero-order valence-corrected chi connectivity index (χ0v) is 26.6. The third kappa shape index (κ3) is 8.03. The fraction of sp³-hybridized carbons (Fsp3) is 0.355. The van der Waals surface area contributed by atoms with Gasteiger partial charge in [-0.2, -0.15) is 0 Å². The smallest absolute Gasteiger partial charge is 0.264 e. The molecule has 7 nitrogen and oxygen atoms in total. The molecular weight excluding hydrogens is 581 g/mol. The Kier molecular flexibility index (Phi) is 10.9. The maximum atomic E-state index is 14.1. The fourth-order valence-corrected chi connectivity index (χ4v) is 6.02. The Bertz CT molecular complexity index is 1510. The minimum absolute atomic E-state index is 0.0250. The third-order valence-electron chi connectivity index (χ3n) is 6.92. The number of benzene rings is 3. The number of hydrogen-bond donors (Lipinski definition) is 1. The van der Waals surface area contributed by atoms with E-state index in [4.69, 9.17) is 23.2 Å². The van der Waals surface area contributed by atoms with Gasteiger partial charge in [0, 0.05) is 13.1 Å². The number of hydrogen-bond acceptors (Lipinski definition) is 4. The number of aryl methyl sites for hydroxylation is 2. The molecule has 3 rings (SSSR count). The summed E-state index contributed by atoms with van der Waals surface area (Å²) in [6, 6.07) is 15.9. The lowest BCUT2D eigenvalue weighted by Crippen LogP contribution is -2.51. The Morgan fingerprint density at radius 2 is 1.56 bits per heavy atom. The second-order valence-corrected chi connectivity index (χ2v) is 13.3. The highest BCUT2D eigenvalue weighted by Crippen LogP contribution is 2.30. The number of halogens is 2. The summed E-state index contributed by atoms with van der Waals surface area (Å²) in [6.45, 7) is 11.1. The fourth-order valence-electron chi connectivity index (χ4n) is 4.23. The van der Waals surface area contributed by atoms with Gasteiger partial charge in [0.25, 0.3) is 10.0 Å². The van der Waals surface area contributed by atoms with Crippen molar-refractivity contribution >= 4 is 50.7 Å². The van der Waals surface area contributed by atoms with Crippen LogP contribution in [0.5, 0.6) is 0 Å². The van der Waals surface area contributed by atoms with Gasteiger partial charge >= 0.3 is 0 Å². The van der Waals surface area contributed by atoms with E-state index in [9.17, 15) is 18.0 Å². The molecule has 0 saturated carbocycles. The first-order valence-electron chi connectivity index (χ1n) is 13.4. The van der Waals surface area contributed by atoms with Gasteiger partial charge in [-0.15, -0.1) is 0 Å². The van der Waals surface area contributed by atoms with Gasteiger partial charge < -0.3 is 10.2 Å². The van der Waals surface area contributed by atoms with Crippen LogP contribution in [0.25, 0.3) is 0 Å². The van der Waals surface area contributed by atoms with Crippen molar-refractivity contribution in [1.29, 1.82) is 0 Å². The second kappa shape index (κ2) is 13.7. The Labute approximate surface area is 253 Å². The number of sulfonamides is 1. The summed E-state index contributed by atoms with van der Waals surface area (Å²) >= 11 is 12.3. The zero-order valence-electron chi connectivity index (χ0n) is 24.2. The van der Waals surface area contributed by atoms with Gasteiger partial charge in [-0.1, -0.05) is 72.9 Å². The van der Waals surface area contributed by atoms with E-state index in [0.717, 1.165) is 21.0 Å². The molecule has 0 aliphatic rings. The Hall–Kier alpha value is -3.07. The van der Waals surface area contributed by atoms with Gasteiger partial charge in [0.1, 0.15) is 12.6 Å². The summed E-state index contributed by atoms with van der Waals surface area (Å²) in [4.78, 5) is 28.6. The van der Waals surface area contributed by atoms with Gasteiger partial charge in [-0.3, -0.25) is 13.9 Å². The van der Waals surface area contributed by atoms with Gasteiger partial charge in [0.2, 0.25) is 11.8 Å². The topological polar surface area (TPSA) is 86.8 Å². The average molecular weight is 619 g/mol. The molecule has 2 amide bonds. The lowest BCUT2D eigenvalue weighted by molar-refractivity contribution is -0.139. The average Bonchev–Trinajstić information content (AvgIpc) is 2.92. The van der Waals surface area contributed by atoms with Crippen LogP contribution in [0.15, 0.2) is 65.6 Å². The largest absolute Gasteiger partial charge is 0.354 e. The van der Waals surface area contributed by atoms with Crippen molar-refractivity contribution < 1.29 is 18.0 Å². The van der Waals surface area contributed by atoms with Crippen LogP contribution < -0.4 is 9.62 Å². The number of amides is 2. The van der Waals surface area contributed by atoms with Crippen molar-refractivity contribution in [2.45, 2.75) is 59.0 Å². The van der Waals surface area contributed by atoms with E-state index in [2.05, 4.69) is 5.32 Å². The Morgan fingerprint density at radius 3 is 2.17 bits per heavy atom. The molecule has 1 atom stereocenters. The second-order valence-electron chi connectivity index (χ2n) is 10.6. The predicted molar refractivity (Wildman–Crippen MR) is 166 cm³/mol. The number of carbonyl (C=O) groups is 2. The van der Waals surface area contributed by atoms with E-state index in [1.165, 1.54) is 17.0 Å². The van der Waals surface area contributed by atoms with Crippen LogP contribution in [0.1, 0.15) is 43.0 Å². The van der Waals surface area contributed by atoms with Gasteiger partial charge in [0.15, 0.2) is 0 Å². The van der Waals surface area contributed by atoms with Crippen LogP contribution in [-0.4, -0.2) is 44.3 Å². The summed E-state index contributed by atoms with van der Waals surface area (Å²) in [5.41, 5.74) is 3.57. The van der Waals surface area contributed by atoms with E-state index in [1.54, 1.807) is 49.4 Å². The van der Waals surface area contributed by atoms with E-state index >= 15 is 0 Å². The molecule has 41 heavy (non-hydrogen) atoms. The molecule has 3 aromatic rings. The minimum Gasteiger partial charge on any atom is -0.354 e. The lowest BCUT2D eigenvalue weighted by Gasteiger charge is -2.32. The zero-order chi connectivity index (χ0) is 30.5. The Morgan fingerprint density at radius 1 is 0.902 bits per heavy atom. The third-order valence-corrected chi connectivity index (χ3v) is 9.43. The molecule has 0 radical (unpaired) electrons. The first-order chi connectivity index (χ1) is 19.2. The maximum Gasteiger partial charge on any atom is 0.264 e. The van der Waals surface area contributed by atoms with E-state index in [-0.39, 0.29) is 23.3 Å². The van der Waals surface area contributed by atoms with Gasteiger partial charge in [-0.25, -0.2) is 8.42 Å². The van der Waals surface area contributed by atoms with Crippen molar-refractivity contribution in [3.05, 3.63) is 93.0 Å². The summed E-state index contributed by atoms with van der Waals surface area (Å²) in [5, 5.41) is 3.55. The molecule has 0 aliphatic carbocycles. The monoisotopic (exact) mass is 617 g/mol. The highest BCUT2D eigenvalue weighted by Gasteiger charge is 2.33. The highest BCUT2D eigenvalue weighted by molar-refractivity contribution is 7.92. The minimum atomic E-state index is -4.14. The molecule has 0 aromatic heterocycles. The van der Waals surface area contributed by atoms with Crippen LogP contribution in [0.3, 0.4) is 0 Å². The molecular formula is C31H37Cl2N3O4S. The number of nitrogens with one attached hydrogen (secondary N) is 1. The van der Waals surface area contributed by atoms with E-state index in [1.807, 2.05) is 40.7 Å². The van der Waals surface area contributed by atoms with Gasteiger partial charge in [0.05, 0.1) is 20.6 Å². The maximum absolute atomic E-state index is 14.1. The molecule has 1 N–H and O–H groups in total. The molecule has 0 saturated heterocycles. The van der Waals surface area contributed by atoms with Crippen LogP contribution in [0, 0.1) is 26.7 Å². The number of anilines is 1. The van der Waals surface area contributed by atoms with Crippen molar-refractivity contribution in [3.63, 3.8) is 0 Å². The quantitative estimate of drug-likeness (QED) is 0.273. The molecule has 0 aliphatic heterocycles. The molecule has 0 bridgehead atoms. The first kappa shape index (κ1) is 32.4. The van der Waals surface area contributed by atoms with E-state index in [0.29, 0.717) is 27.8 Å². The van der Waals surface area contributed by atoms with E-state index < -0.39 is 28.5 Å². The predicted octanol–water partition coefficient (Wildman–Crippen LogP) is 6.30. The van der Waals surface area contributed by atoms with Crippen LogP contribution >= 0.6 is 23.2 Å².